The zero-order chi connectivity index (χ0) is 39.3. The largest absolute Gasteiger partial charge is 0.507 e. The van der Waals surface area contributed by atoms with Crippen molar-refractivity contribution in [3.63, 3.8) is 0 Å². The molecule has 5 nitrogen and oxygen atoms in total. The molecule has 1 N–H and O–H groups in total. The van der Waals surface area contributed by atoms with E-state index in [1.807, 2.05) is 66.9 Å². The van der Waals surface area contributed by atoms with E-state index in [-0.39, 0.29) is 26.8 Å². The molecular weight excluding hydrogens is 918 g/mol. The second-order valence-corrected chi connectivity index (χ2v) is 14.6. The average molecular weight is 952 g/mol. The van der Waals surface area contributed by atoms with Crippen molar-refractivity contribution in [1.29, 1.82) is 0 Å². The molecule has 3 aromatic heterocycles. The molecule has 0 saturated carbocycles. The molecule has 11 aromatic rings. The Morgan fingerprint density at radius 3 is 1.88 bits per heavy atom. The van der Waals surface area contributed by atoms with Crippen LogP contribution in [0.3, 0.4) is 0 Å². The summed E-state index contributed by atoms with van der Waals surface area (Å²) in [7, 11) is 0. The molecule has 0 saturated heterocycles. The summed E-state index contributed by atoms with van der Waals surface area (Å²) in [5.41, 5.74) is 14.5. The monoisotopic (exact) mass is 951 g/mol. The van der Waals surface area contributed by atoms with Crippen molar-refractivity contribution < 1.29 is 30.6 Å². The molecule has 288 valence electrons. The zero-order valence-electron chi connectivity index (χ0n) is 32.1. The number of para-hydroxylation sites is 3. The van der Waals surface area contributed by atoms with Crippen molar-refractivity contribution in [3.05, 3.63) is 206 Å². The number of furan rings is 1. The average Bonchev–Trinajstić information content (AvgIpc) is 3.88. The van der Waals surface area contributed by atoms with Crippen molar-refractivity contribution in [2.75, 3.05) is 0 Å². The number of phenols is 1. The van der Waals surface area contributed by atoms with E-state index in [4.69, 9.17) is 14.4 Å². The van der Waals surface area contributed by atoms with E-state index in [9.17, 15) is 5.11 Å². The van der Waals surface area contributed by atoms with Gasteiger partial charge in [0.25, 0.3) is 0 Å². The van der Waals surface area contributed by atoms with Crippen LogP contribution in [0.5, 0.6) is 5.75 Å². The van der Waals surface area contributed by atoms with Gasteiger partial charge in [0.1, 0.15) is 17.2 Å². The molecule has 0 aliphatic heterocycles. The van der Waals surface area contributed by atoms with Crippen molar-refractivity contribution in [2.45, 2.75) is 0 Å². The van der Waals surface area contributed by atoms with E-state index in [0.717, 1.165) is 94.4 Å². The van der Waals surface area contributed by atoms with Gasteiger partial charge >= 0.3 is 0 Å². The van der Waals surface area contributed by atoms with Crippen LogP contribution in [-0.4, -0.2) is 19.6 Å². The van der Waals surface area contributed by atoms with Crippen molar-refractivity contribution in [1.82, 2.24) is 14.5 Å². The van der Waals surface area contributed by atoms with Crippen molar-refractivity contribution >= 4 is 33.0 Å². The fourth-order valence-corrected chi connectivity index (χ4v) is 8.26. The van der Waals surface area contributed by atoms with Gasteiger partial charge in [-0.15, -0.1) is 17.7 Å². The minimum atomic E-state index is 0. The first-order valence-electron chi connectivity index (χ1n) is 19.6. The standard InChI is InChI=1S/C54H34N3O2.Pt/c58-50-26-13-11-22-44(50)54-56-52-42(23-14-25-49(52)57(54)48-24-12-10-21-41(48)37-19-8-3-9-20-37)40-31-45-43-28-27-38(35-15-4-1-5-16-35)34-51(43)59-53(45)46(32-40)47-33-39(29-30-55-47)36-17-6-2-7-18-36;/h1-31,33-34,58H;/q-1;. The molecular formula is C54H34N3O2Pt-. The second-order valence-electron chi connectivity index (χ2n) is 14.6. The van der Waals surface area contributed by atoms with E-state index >= 15 is 0 Å². The summed E-state index contributed by atoms with van der Waals surface area (Å²) in [6.45, 7) is 0. The second kappa shape index (κ2) is 15.4. The van der Waals surface area contributed by atoms with Crippen LogP contribution in [0.25, 0.3) is 106 Å². The van der Waals surface area contributed by atoms with Crippen LogP contribution >= 0.6 is 0 Å². The number of nitrogens with zero attached hydrogens (tertiary/aromatic N) is 3. The number of pyridine rings is 1. The first-order valence-corrected chi connectivity index (χ1v) is 19.6. The quantitative estimate of drug-likeness (QED) is 0.162. The summed E-state index contributed by atoms with van der Waals surface area (Å²) in [6, 6.07) is 69.6. The fraction of sp³-hybridized carbons (Fsp3) is 0. The number of hydrogen-bond acceptors (Lipinski definition) is 4. The molecule has 0 atom stereocenters. The molecule has 0 aliphatic carbocycles. The Labute approximate surface area is 361 Å². The minimum absolute atomic E-state index is 0. The first-order chi connectivity index (χ1) is 29.2. The third-order valence-electron chi connectivity index (χ3n) is 11.1. The van der Waals surface area contributed by atoms with Gasteiger partial charge in [-0.3, -0.25) is 9.55 Å². The van der Waals surface area contributed by atoms with Gasteiger partial charge in [-0.2, -0.15) is 0 Å². The predicted octanol–water partition coefficient (Wildman–Crippen LogP) is 13.8. The van der Waals surface area contributed by atoms with E-state index in [0.29, 0.717) is 11.4 Å². The summed E-state index contributed by atoms with van der Waals surface area (Å²) >= 11 is 0. The van der Waals surface area contributed by atoms with Crippen molar-refractivity contribution in [3.8, 4) is 78.6 Å². The van der Waals surface area contributed by atoms with Crippen LogP contribution in [0, 0.1) is 6.07 Å². The van der Waals surface area contributed by atoms with Gasteiger partial charge in [-0.1, -0.05) is 163 Å². The van der Waals surface area contributed by atoms with Gasteiger partial charge in [0, 0.05) is 43.9 Å². The van der Waals surface area contributed by atoms with Gasteiger partial charge < -0.3 is 9.52 Å². The number of rotatable bonds is 7. The maximum atomic E-state index is 11.3. The molecule has 0 spiro atoms. The molecule has 0 unspecified atom stereocenters. The van der Waals surface area contributed by atoms with Crippen LogP contribution in [0.1, 0.15) is 0 Å². The van der Waals surface area contributed by atoms with Gasteiger partial charge in [0.05, 0.1) is 27.9 Å². The molecule has 60 heavy (non-hydrogen) atoms. The normalized spacial score (nSPS) is 11.3. The van der Waals surface area contributed by atoms with Crippen LogP contribution in [0.15, 0.2) is 205 Å². The molecule has 3 heterocycles. The smallest absolute Gasteiger partial charge is 0.148 e. The van der Waals surface area contributed by atoms with Crippen molar-refractivity contribution in [2.24, 2.45) is 0 Å². The minimum Gasteiger partial charge on any atom is -0.507 e. The molecule has 0 aliphatic rings. The van der Waals surface area contributed by atoms with Crippen LogP contribution in [0.2, 0.25) is 0 Å². The topological polar surface area (TPSA) is 64.1 Å². The fourth-order valence-electron chi connectivity index (χ4n) is 8.26. The van der Waals surface area contributed by atoms with E-state index in [1.54, 1.807) is 6.07 Å². The Kier molecular flexibility index (Phi) is 9.52. The summed E-state index contributed by atoms with van der Waals surface area (Å²) in [6.07, 6.45) is 1.85. The van der Waals surface area contributed by atoms with E-state index in [1.165, 1.54) is 0 Å². The van der Waals surface area contributed by atoms with Gasteiger partial charge in [0.2, 0.25) is 0 Å². The van der Waals surface area contributed by atoms with Gasteiger partial charge in [-0.05, 0) is 69.6 Å². The Balaban J connectivity index is 0.00000433. The SMILES string of the molecule is Oc1ccccc1-c1nc2c(-c3[c-]c(-c4cc(-c5ccccc5)ccn4)c4oc5cc(-c6ccccc6)ccc5c4c3)cccc2n1-c1ccccc1-c1ccccc1.[Pt]. The van der Waals surface area contributed by atoms with Crippen LogP contribution in [0.4, 0.5) is 0 Å². The predicted molar refractivity (Wildman–Crippen MR) is 239 cm³/mol. The molecule has 0 radical (unpaired) electrons. The Morgan fingerprint density at radius 2 is 1.15 bits per heavy atom. The maximum absolute atomic E-state index is 11.3. The summed E-state index contributed by atoms with van der Waals surface area (Å²) in [5.74, 6) is 0.789. The number of imidazole rings is 1. The number of aromatic hydroxyl groups is 1. The van der Waals surface area contributed by atoms with E-state index in [2.05, 4.69) is 138 Å². The Morgan fingerprint density at radius 1 is 0.517 bits per heavy atom. The summed E-state index contributed by atoms with van der Waals surface area (Å²) in [4.78, 5) is 10.3. The molecule has 11 rings (SSSR count). The molecule has 0 bridgehead atoms. The van der Waals surface area contributed by atoms with Gasteiger partial charge in [-0.25, -0.2) is 4.98 Å². The summed E-state index contributed by atoms with van der Waals surface area (Å²) < 4.78 is 8.98. The number of aromatic nitrogens is 3. The van der Waals surface area contributed by atoms with Gasteiger partial charge in [0.15, 0.2) is 0 Å². The number of benzene rings is 8. The molecule has 0 amide bonds. The van der Waals surface area contributed by atoms with Crippen LogP contribution < -0.4 is 0 Å². The third-order valence-corrected chi connectivity index (χ3v) is 11.1. The number of hydrogen-bond donors (Lipinski definition) is 1. The Hall–Kier alpha value is -7.33. The Bertz CT molecular complexity index is 3340. The zero-order valence-corrected chi connectivity index (χ0v) is 34.3. The molecule has 0 fully saturated rings. The number of fused-ring (bicyclic) bond motifs is 4. The maximum Gasteiger partial charge on any atom is 0.148 e. The number of phenolic OH excluding ortho intramolecular Hbond substituents is 1. The third kappa shape index (κ3) is 6.41. The van der Waals surface area contributed by atoms with Crippen LogP contribution in [-0.2, 0) is 21.1 Å². The molecule has 6 heteroatoms. The first kappa shape index (κ1) is 37.0. The van der Waals surface area contributed by atoms with E-state index < -0.39 is 0 Å². The summed E-state index contributed by atoms with van der Waals surface area (Å²) in [5, 5.41) is 13.3. The molecule has 8 aromatic carbocycles.